The Balaban J connectivity index is 1.48. The molecule has 1 fully saturated rings. The minimum absolute atomic E-state index is 0.836. The van der Waals surface area contributed by atoms with E-state index in [1.807, 2.05) is 0 Å². The number of hydrogen-bond donors (Lipinski definition) is 1. The van der Waals surface area contributed by atoms with Crippen LogP contribution in [0.15, 0.2) is 60.7 Å². The number of morpholine rings is 1. The van der Waals surface area contributed by atoms with Crippen molar-refractivity contribution in [2.24, 2.45) is 0 Å². The average molecular weight is 398 g/mol. The topological polar surface area (TPSA) is 27.7 Å². The molecular formula is C23H31N3OS. The Morgan fingerprint density at radius 1 is 0.964 bits per heavy atom. The molecule has 4 nitrogen and oxygen atoms in total. The van der Waals surface area contributed by atoms with Crippen LogP contribution >= 0.6 is 12.2 Å². The third kappa shape index (κ3) is 7.23. The molecule has 28 heavy (non-hydrogen) atoms. The number of hydrogen-bond acceptors (Lipinski definition) is 3. The summed E-state index contributed by atoms with van der Waals surface area (Å²) in [7, 11) is 0. The number of thiocarbonyl (C=S) groups is 1. The fourth-order valence-electron chi connectivity index (χ4n) is 3.40. The van der Waals surface area contributed by atoms with Crippen molar-refractivity contribution in [1.82, 2.24) is 15.1 Å². The van der Waals surface area contributed by atoms with Crippen LogP contribution in [0.5, 0.6) is 0 Å². The largest absolute Gasteiger partial charge is 0.379 e. The quantitative estimate of drug-likeness (QED) is 0.518. The molecule has 0 unspecified atom stereocenters. The third-order valence-corrected chi connectivity index (χ3v) is 5.45. The summed E-state index contributed by atoms with van der Waals surface area (Å²) in [5.74, 6) is 0. The molecule has 0 aromatic heterocycles. The molecule has 1 N–H and O–H groups in total. The smallest absolute Gasteiger partial charge is 0.169 e. The lowest BCUT2D eigenvalue weighted by molar-refractivity contribution is 0.0376. The molecule has 1 saturated heterocycles. The highest BCUT2D eigenvalue weighted by atomic mass is 32.1. The molecule has 0 saturated carbocycles. The van der Waals surface area contributed by atoms with Gasteiger partial charge >= 0.3 is 0 Å². The van der Waals surface area contributed by atoms with Crippen LogP contribution in [0.4, 0.5) is 0 Å². The number of nitrogens with zero attached hydrogens (tertiary/aromatic N) is 2. The molecule has 2 aromatic rings. The lowest BCUT2D eigenvalue weighted by atomic mass is 10.1. The van der Waals surface area contributed by atoms with Crippen molar-refractivity contribution in [2.75, 3.05) is 45.9 Å². The molecule has 150 valence electrons. The first-order valence-corrected chi connectivity index (χ1v) is 10.6. The molecule has 0 spiro atoms. The van der Waals surface area contributed by atoms with Gasteiger partial charge in [0.15, 0.2) is 5.11 Å². The first-order valence-electron chi connectivity index (χ1n) is 10.2. The molecule has 1 aliphatic heterocycles. The van der Waals surface area contributed by atoms with E-state index in [1.54, 1.807) is 0 Å². The van der Waals surface area contributed by atoms with E-state index in [4.69, 9.17) is 17.0 Å². The zero-order chi connectivity index (χ0) is 19.4. The van der Waals surface area contributed by atoms with Gasteiger partial charge in [-0.15, -0.1) is 0 Å². The van der Waals surface area contributed by atoms with Crippen LogP contribution in [0.2, 0.25) is 0 Å². The van der Waals surface area contributed by atoms with Crippen molar-refractivity contribution in [2.45, 2.75) is 19.4 Å². The van der Waals surface area contributed by atoms with Gasteiger partial charge in [-0.1, -0.05) is 60.7 Å². The minimum atomic E-state index is 0.836. The second-order valence-electron chi connectivity index (χ2n) is 7.18. The van der Waals surface area contributed by atoms with Crippen molar-refractivity contribution in [1.29, 1.82) is 0 Å². The van der Waals surface area contributed by atoms with Crippen LogP contribution < -0.4 is 5.32 Å². The second kappa shape index (κ2) is 11.8. The summed E-state index contributed by atoms with van der Waals surface area (Å²) in [5.41, 5.74) is 2.63. The summed E-state index contributed by atoms with van der Waals surface area (Å²) in [4.78, 5) is 4.75. The van der Waals surface area contributed by atoms with Gasteiger partial charge in [0, 0.05) is 32.7 Å². The fourth-order valence-corrected chi connectivity index (χ4v) is 3.66. The Kier molecular flexibility index (Phi) is 8.75. The Morgan fingerprint density at radius 2 is 1.61 bits per heavy atom. The monoisotopic (exact) mass is 397 g/mol. The zero-order valence-corrected chi connectivity index (χ0v) is 17.4. The summed E-state index contributed by atoms with van der Waals surface area (Å²) < 4.78 is 5.41. The van der Waals surface area contributed by atoms with Crippen LogP contribution in [-0.4, -0.2) is 60.8 Å². The minimum Gasteiger partial charge on any atom is -0.379 e. The van der Waals surface area contributed by atoms with Crippen molar-refractivity contribution in [3.05, 3.63) is 71.8 Å². The number of rotatable bonds is 9. The van der Waals surface area contributed by atoms with Gasteiger partial charge in [0.25, 0.3) is 0 Å². The predicted molar refractivity (Wildman–Crippen MR) is 119 cm³/mol. The number of benzene rings is 2. The van der Waals surface area contributed by atoms with Gasteiger partial charge in [-0.25, -0.2) is 0 Å². The molecule has 0 atom stereocenters. The molecule has 1 aliphatic rings. The molecule has 0 bridgehead atoms. The maximum Gasteiger partial charge on any atom is 0.169 e. The maximum absolute atomic E-state index is 5.74. The number of nitrogens with one attached hydrogen (secondary N) is 1. The molecular weight excluding hydrogens is 366 g/mol. The highest BCUT2D eigenvalue weighted by molar-refractivity contribution is 7.80. The Bertz CT molecular complexity index is 690. The van der Waals surface area contributed by atoms with Crippen molar-refractivity contribution >= 4 is 17.3 Å². The molecule has 3 rings (SSSR count). The Hall–Kier alpha value is -1.95. The van der Waals surface area contributed by atoms with E-state index in [2.05, 4.69) is 75.8 Å². The summed E-state index contributed by atoms with van der Waals surface area (Å²) in [6.07, 6.45) is 2.08. The van der Waals surface area contributed by atoms with Crippen LogP contribution in [-0.2, 0) is 17.7 Å². The Labute approximate surface area is 174 Å². The van der Waals surface area contributed by atoms with Gasteiger partial charge in [-0.2, -0.15) is 0 Å². The SMILES string of the molecule is S=C(NCCCN1CCOCC1)N(CCc1ccccc1)Cc1ccccc1. The standard InChI is InChI=1S/C23H31N3OS/c28-23(24-13-7-14-25-16-18-27-19-17-25)26(20-22-10-5-2-6-11-22)15-12-21-8-3-1-4-9-21/h1-6,8-11H,7,12-20H2,(H,24,28). The predicted octanol–water partition coefficient (Wildman–Crippen LogP) is 3.33. The van der Waals surface area contributed by atoms with Crippen LogP contribution in [0.1, 0.15) is 17.5 Å². The molecule has 1 heterocycles. The third-order valence-electron chi connectivity index (χ3n) is 5.05. The molecule has 0 aliphatic carbocycles. The summed E-state index contributed by atoms with van der Waals surface area (Å²) >= 11 is 5.74. The lowest BCUT2D eigenvalue weighted by Crippen LogP contribution is -2.42. The Morgan fingerprint density at radius 3 is 2.29 bits per heavy atom. The van der Waals surface area contributed by atoms with Crippen molar-refractivity contribution in [3.8, 4) is 0 Å². The summed E-state index contributed by atoms with van der Waals surface area (Å²) in [5, 5.41) is 4.33. The van der Waals surface area contributed by atoms with Gasteiger partial charge < -0.3 is 15.0 Å². The van der Waals surface area contributed by atoms with E-state index >= 15 is 0 Å². The number of ether oxygens (including phenoxy) is 1. The van der Waals surface area contributed by atoms with E-state index in [0.29, 0.717) is 0 Å². The highest BCUT2D eigenvalue weighted by Crippen LogP contribution is 2.08. The van der Waals surface area contributed by atoms with Gasteiger partial charge in [0.05, 0.1) is 13.2 Å². The highest BCUT2D eigenvalue weighted by Gasteiger charge is 2.12. The molecule has 0 radical (unpaired) electrons. The van der Waals surface area contributed by atoms with E-state index in [-0.39, 0.29) is 0 Å². The molecule has 5 heteroatoms. The van der Waals surface area contributed by atoms with Gasteiger partial charge in [0.2, 0.25) is 0 Å². The maximum atomic E-state index is 5.74. The van der Waals surface area contributed by atoms with E-state index in [1.165, 1.54) is 11.1 Å². The normalized spacial score (nSPS) is 14.6. The molecule has 0 amide bonds. The summed E-state index contributed by atoms with van der Waals surface area (Å²) in [6.45, 7) is 7.56. The first-order chi connectivity index (χ1) is 13.8. The summed E-state index contributed by atoms with van der Waals surface area (Å²) in [6, 6.07) is 21.2. The van der Waals surface area contributed by atoms with Gasteiger partial charge in [0.1, 0.15) is 0 Å². The van der Waals surface area contributed by atoms with Crippen LogP contribution in [0, 0.1) is 0 Å². The van der Waals surface area contributed by atoms with Crippen LogP contribution in [0.3, 0.4) is 0 Å². The first kappa shape index (κ1) is 20.8. The van der Waals surface area contributed by atoms with Crippen LogP contribution in [0.25, 0.3) is 0 Å². The van der Waals surface area contributed by atoms with E-state index in [0.717, 1.165) is 70.4 Å². The average Bonchev–Trinajstić information content (AvgIpc) is 2.76. The van der Waals surface area contributed by atoms with E-state index < -0.39 is 0 Å². The van der Waals surface area contributed by atoms with Gasteiger partial charge in [-0.3, -0.25) is 4.90 Å². The fraction of sp³-hybridized carbons (Fsp3) is 0.435. The molecule has 2 aromatic carbocycles. The second-order valence-corrected chi connectivity index (χ2v) is 7.57. The van der Waals surface area contributed by atoms with Crippen molar-refractivity contribution < 1.29 is 4.74 Å². The van der Waals surface area contributed by atoms with Crippen molar-refractivity contribution in [3.63, 3.8) is 0 Å². The lowest BCUT2D eigenvalue weighted by Gasteiger charge is -2.28. The zero-order valence-electron chi connectivity index (χ0n) is 16.6. The van der Waals surface area contributed by atoms with E-state index in [9.17, 15) is 0 Å². The van der Waals surface area contributed by atoms with Gasteiger partial charge in [-0.05, 0) is 42.7 Å².